The molecule has 3 rings (SSSR count). The van der Waals surface area contributed by atoms with E-state index in [4.69, 9.17) is 28.4 Å². The molecule has 0 spiro atoms. The number of benzene rings is 2. The van der Waals surface area contributed by atoms with Crippen LogP contribution in [-0.2, 0) is 39.8 Å². The van der Waals surface area contributed by atoms with Crippen molar-refractivity contribution >= 4 is 11.9 Å². The van der Waals surface area contributed by atoms with Gasteiger partial charge in [0.2, 0.25) is 0 Å². The lowest BCUT2D eigenvalue weighted by Gasteiger charge is -2.44. The molecule has 0 aliphatic carbocycles. The molecule has 2 aromatic carbocycles. The number of carbonyl (C=O) groups excluding carboxylic acids is 2. The predicted octanol–water partition coefficient (Wildman–Crippen LogP) is 3.30. The Kier molecular flexibility index (Phi) is 9.78. The topological polar surface area (TPSA) is 89.5 Å². The van der Waals surface area contributed by atoms with E-state index >= 15 is 0 Å². The zero-order valence-electron chi connectivity index (χ0n) is 19.3. The molecule has 34 heavy (non-hydrogen) atoms. The summed E-state index contributed by atoms with van der Waals surface area (Å²) in [4.78, 5) is 24.5. The first-order valence-electron chi connectivity index (χ1n) is 11.0. The molecule has 1 aliphatic heterocycles. The molecule has 1 heterocycles. The molecule has 8 heteroatoms. The Hall–Kier alpha value is -3.04. The van der Waals surface area contributed by atoms with E-state index < -0.39 is 42.6 Å². The van der Waals surface area contributed by atoms with Gasteiger partial charge in [-0.25, -0.2) is 4.79 Å². The first-order chi connectivity index (χ1) is 16.5. The van der Waals surface area contributed by atoms with Crippen LogP contribution in [0, 0.1) is 0 Å². The highest BCUT2D eigenvalue weighted by Crippen LogP contribution is 2.30. The fraction of sp³-hybridized carbons (Fsp3) is 0.385. The van der Waals surface area contributed by atoms with E-state index in [0.29, 0.717) is 5.56 Å². The Morgan fingerprint density at radius 2 is 1.65 bits per heavy atom. The monoisotopic (exact) mass is 470 g/mol. The number of ether oxygens (including phenoxy) is 6. The van der Waals surface area contributed by atoms with Gasteiger partial charge >= 0.3 is 11.9 Å². The zero-order chi connectivity index (χ0) is 24.3. The molecule has 0 radical (unpaired) electrons. The maximum Gasteiger partial charge on any atom is 0.338 e. The standard InChI is InChI=1S/C26H30O8/c1-4-15-30-24-23(34-25(28)20-13-9-6-10-14-20)22(32-16-19-11-7-5-8-12-19)21(17-31-18(2)27)33-26(24)29-3/h4-14,21-24,26H,1,15-17H2,2-3H3/t21-,22-,23+,24+,26+/m1/s1. The van der Waals surface area contributed by atoms with Crippen molar-refractivity contribution in [1.82, 2.24) is 0 Å². The van der Waals surface area contributed by atoms with Gasteiger partial charge in [0.05, 0.1) is 18.8 Å². The van der Waals surface area contributed by atoms with Gasteiger partial charge in [-0.05, 0) is 17.7 Å². The summed E-state index contributed by atoms with van der Waals surface area (Å²) in [5.74, 6) is -1.02. The van der Waals surface area contributed by atoms with E-state index in [1.807, 2.05) is 36.4 Å². The highest BCUT2D eigenvalue weighted by atomic mass is 16.7. The molecule has 8 nitrogen and oxygen atoms in total. The fourth-order valence-electron chi connectivity index (χ4n) is 3.63. The number of carbonyl (C=O) groups is 2. The lowest BCUT2D eigenvalue weighted by Crippen LogP contribution is -2.62. The van der Waals surface area contributed by atoms with Gasteiger partial charge in [-0.2, -0.15) is 0 Å². The van der Waals surface area contributed by atoms with Gasteiger partial charge in [-0.3, -0.25) is 4.79 Å². The summed E-state index contributed by atoms with van der Waals surface area (Å²) in [6, 6.07) is 18.2. The van der Waals surface area contributed by atoms with E-state index in [2.05, 4.69) is 6.58 Å². The molecule has 0 unspecified atom stereocenters. The number of hydrogen-bond acceptors (Lipinski definition) is 8. The average molecular weight is 471 g/mol. The Balaban J connectivity index is 1.91. The largest absolute Gasteiger partial charge is 0.463 e. The molecule has 1 aliphatic rings. The minimum atomic E-state index is -0.921. The Morgan fingerprint density at radius 1 is 0.971 bits per heavy atom. The van der Waals surface area contributed by atoms with Crippen LogP contribution in [0.1, 0.15) is 22.8 Å². The third-order valence-electron chi connectivity index (χ3n) is 5.22. The van der Waals surface area contributed by atoms with E-state index in [9.17, 15) is 9.59 Å². The predicted molar refractivity (Wildman–Crippen MR) is 123 cm³/mol. The molecule has 0 amide bonds. The minimum absolute atomic E-state index is 0.109. The third kappa shape index (κ3) is 6.98. The van der Waals surface area contributed by atoms with E-state index in [0.717, 1.165) is 5.56 Å². The average Bonchev–Trinajstić information content (AvgIpc) is 2.86. The molecule has 1 fully saturated rings. The maximum atomic E-state index is 13.0. The summed E-state index contributed by atoms with van der Waals surface area (Å²) in [6.07, 6.45) is -2.64. The van der Waals surface area contributed by atoms with Crippen LogP contribution in [0.2, 0.25) is 0 Å². The normalized spacial score (nSPS) is 24.2. The van der Waals surface area contributed by atoms with Crippen LogP contribution in [0.3, 0.4) is 0 Å². The molecule has 1 saturated heterocycles. The highest BCUT2D eigenvalue weighted by molar-refractivity contribution is 5.89. The van der Waals surface area contributed by atoms with Crippen LogP contribution >= 0.6 is 0 Å². The summed E-state index contributed by atoms with van der Waals surface area (Å²) in [6.45, 7) is 5.27. The van der Waals surface area contributed by atoms with Crippen LogP contribution in [-0.4, -0.2) is 63.0 Å². The Morgan fingerprint density at radius 3 is 2.26 bits per heavy atom. The lowest BCUT2D eigenvalue weighted by molar-refractivity contribution is -0.309. The second kappa shape index (κ2) is 13.0. The Labute approximate surface area is 199 Å². The molecule has 5 atom stereocenters. The number of methoxy groups -OCH3 is 1. The summed E-state index contributed by atoms with van der Waals surface area (Å²) in [5, 5.41) is 0. The van der Waals surface area contributed by atoms with Gasteiger partial charge in [0.25, 0.3) is 0 Å². The summed E-state index contributed by atoms with van der Waals surface area (Å²) in [7, 11) is 1.46. The number of rotatable bonds is 11. The SMILES string of the molecule is C=CCO[C@@H]1[C@@H](OC)O[C@H](COC(C)=O)[C@@H](OCc2ccccc2)[C@@H]1OC(=O)c1ccccc1. The van der Waals surface area contributed by atoms with E-state index in [1.54, 1.807) is 30.3 Å². The van der Waals surface area contributed by atoms with Crippen molar-refractivity contribution in [3.8, 4) is 0 Å². The van der Waals surface area contributed by atoms with Crippen molar-refractivity contribution in [3.63, 3.8) is 0 Å². The van der Waals surface area contributed by atoms with Gasteiger partial charge in [-0.1, -0.05) is 54.6 Å². The quantitative estimate of drug-likeness (QED) is 0.365. The molecule has 182 valence electrons. The summed E-state index contributed by atoms with van der Waals surface area (Å²) < 4.78 is 34.8. The zero-order valence-corrected chi connectivity index (χ0v) is 19.3. The van der Waals surface area contributed by atoms with E-state index in [-0.39, 0.29) is 19.8 Å². The summed E-state index contributed by atoms with van der Waals surface area (Å²) >= 11 is 0. The van der Waals surface area contributed by atoms with Crippen LogP contribution < -0.4 is 0 Å². The van der Waals surface area contributed by atoms with Crippen LogP contribution in [0.25, 0.3) is 0 Å². The maximum absolute atomic E-state index is 13.0. The van der Waals surface area contributed by atoms with Crippen molar-refractivity contribution in [3.05, 3.63) is 84.4 Å². The highest BCUT2D eigenvalue weighted by Gasteiger charge is 2.50. The molecule has 0 bridgehead atoms. The Bertz CT molecular complexity index is 917. The molecule has 0 N–H and O–H groups in total. The molecule has 2 aromatic rings. The lowest BCUT2D eigenvalue weighted by atomic mass is 9.98. The van der Waals surface area contributed by atoms with Crippen molar-refractivity contribution in [2.75, 3.05) is 20.3 Å². The van der Waals surface area contributed by atoms with Gasteiger partial charge in [0, 0.05) is 14.0 Å². The first-order valence-corrected chi connectivity index (χ1v) is 11.0. The van der Waals surface area contributed by atoms with Crippen LogP contribution in [0.4, 0.5) is 0 Å². The van der Waals surface area contributed by atoms with Gasteiger partial charge in [0.1, 0.15) is 24.9 Å². The third-order valence-corrected chi connectivity index (χ3v) is 5.22. The van der Waals surface area contributed by atoms with Gasteiger partial charge in [0.15, 0.2) is 12.4 Å². The van der Waals surface area contributed by atoms with Crippen LogP contribution in [0.5, 0.6) is 0 Å². The van der Waals surface area contributed by atoms with Crippen molar-refractivity contribution in [2.45, 2.75) is 44.2 Å². The number of hydrogen-bond donors (Lipinski definition) is 0. The van der Waals surface area contributed by atoms with Crippen molar-refractivity contribution in [1.29, 1.82) is 0 Å². The first kappa shape index (κ1) is 25.6. The summed E-state index contributed by atoms with van der Waals surface area (Å²) in [5.41, 5.74) is 1.29. The second-order valence-electron chi connectivity index (χ2n) is 7.67. The van der Waals surface area contributed by atoms with Gasteiger partial charge in [-0.15, -0.1) is 6.58 Å². The minimum Gasteiger partial charge on any atom is -0.463 e. The molecular formula is C26H30O8. The number of esters is 2. The molecular weight excluding hydrogens is 440 g/mol. The smallest absolute Gasteiger partial charge is 0.338 e. The molecule has 0 aromatic heterocycles. The second-order valence-corrected chi connectivity index (χ2v) is 7.67. The van der Waals surface area contributed by atoms with Gasteiger partial charge < -0.3 is 28.4 Å². The molecule has 0 saturated carbocycles. The van der Waals surface area contributed by atoms with E-state index in [1.165, 1.54) is 14.0 Å². The van der Waals surface area contributed by atoms with Crippen LogP contribution in [0.15, 0.2) is 73.3 Å². The van der Waals surface area contributed by atoms with Crippen molar-refractivity contribution < 1.29 is 38.0 Å². The van der Waals surface area contributed by atoms with Crippen molar-refractivity contribution in [2.24, 2.45) is 0 Å². The fourth-order valence-corrected chi connectivity index (χ4v) is 3.63.